The van der Waals surface area contributed by atoms with E-state index in [-0.39, 0.29) is 5.78 Å². The van der Waals surface area contributed by atoms with Gasteiger partial charge in [0, 0.05) is 38.4 Å². The van der Waals surface area contributed by atoms with Crippen LogP contribution in [0.2, 0.25) is 0 Å². The number of nitrogens with zero attached hydrogens (tertiary/aromatic N) is 3. The van der Waals surface area contributed by atoms with Crippen LogP contribution >= 0.6 is 0 Å². The summed E-state index contributed by atoms with van der Waals surface area (Å²) in [7, 11) is 0. The normalized spacial score (nSPS) is 17.2. The third-order valence-corrected chi connectivity index (χ3v) is 2.61. The van der Waals surface area contributed by atoms with Crippen LogP contribution in [0.1, 0.15) is 16.9 Å². The first kappa shape index (κ1) is 11.2. The molecule has 0 aromatic carbocycles. The third-order valence-electron chi connectivity index (χ3n) is 2.61. The van der Waals surface area contributed by atoms with Crippen LogP contribution < -0.4 is 0 Å². The van der Waals surface area contributed by atoms with Crippen LogP contribution in [0.25, 0.3) is 0 Å². The summed E-state index contributed by atoms with van der Waals surface area (Å²) in [6, 6.07) is 0. The zero-order valence-electron chi connectivity index (χ0n) is 9.13. The van der Waals surface area contributed by atoms with Crippen LogP contribution in [0.3, 0.4) is 0 Å². The van der Waals surface area contributed by atoms with E-state index in [4.69, 9.17) is 4.74 Å². The van der Waals surface area contributed by atoms with Gasteiger partial charge in [-0.25, -0.2) is 4.98 Å². The summed E-state index contributed by atoms with van der Waals surface area (Å²) >= 11 is 0. The lowest BCUT2D eigenvalue weighted by Gasteiger charge is -2.26. The van der Waals surface area contributed by atoms with Crippen molar-refractivity contribution in [1.29, 1.82) is 0 Å². The molecule has 86 valence electrons. The highest BCUT2D eigenvalue weighted by atomic mass is 16.5. The molecule has 0 saturated carbocycles. The number of ketones is 1. The molecule has 0 unspecified atom stereocenters. The van der Waals surface area contributed by atoms with Gasteiger partial charge in [0.25, 0.3) is 0 Å². The standard InChI is InChI=1S/C11H15N3O2/c15-11(10-9-12-2-3-13-10)1-4-14-5-7-16-8-6-14/h2-3,9H,1,4-8H2. The van der Waals surface area contributed by atoms with Crippen molar-refractivity contribution in [3.05, 3.63) is 24.3 Å². The summed E-state index contributed by atoms with van der Waals surface area (Å²) in [6.07, 6.45) is 5.13. The molecule has 1 fully saturated rings. The Balaban J connectivity index is 1.79. The molecule has 0 radical (unpaired) electrons. The van der Waals surface area contributed by atoms with Crippen LogP contribution in [0.15, 0.2) is 18.6 Å². The summed E-state index contributed by atoms with van der Waals surface area (Å²) in [5.41, 5.74) is 0.454. The van der Waals surface area contributed by atoms with Gasteiger partial charge in [-0.05, 0) is 0 Å². The van der Waals surface area contributed by atoms with E-state index in [1.54, 1.807) is 12.4 Å². The number of Topliss-reactive ketones (excluding diaryl/α,β-unsaturated/α-hetero) is 1. The molecule has 0 bridgehead atoms. The monoisotopic (exact) mass is 221 g/mol. The summed E-state index contributed by atoms with van der Waals surface area (Å²) in [5, 5.41) is 0. The number of hydrogen-bond acceptors (Lipinski definition) is 5. The van der Waals surface area contributed by atoms with Gasteiger partial charge in [0.1, 0.15) is 5.69 Å². The molecule has 2 rings (SSSR count). The molecule has 5 heteroatoms. The Morgan fingerprint density at radius 2 is 2.19 bits per heavy atom. The molecule has 0 atom stereocenters. The first-order valence-corrected chi connectivity index (χ1v) is 5.45. The molecule has 0 N–H and O–H groups in total. The van der Waals surface area contributed by atoms with Crippen molar-refractivity contribution >= 4 is 5.78 Å². The van der Waals surface area contributed by atoms with Crippen LogP contribution in [-0.4, -0.2) is 53.5 Å². The fraction of sp³-hybridized carbons (Fsp3) is 0.545. The Bertz CT molecular complexity index is 336. The summed E-state index contributed by atoms with van der Waals surface area (Å²) in [4.78, 5) is 21.8. The Kier molecular flexibility index (Phi) is 3.96. The number of hydrogen-bond donors (Lipinski definition) is 0. The van der Waals surface area contributed by atoms with E-state index in [9.17, 15) is 4.79 Å². The first-order chi connectivity index (χ1) is 7.86. The lowest BCUT2D eigenvalue weighted by atomic mass is 10.2. The molecule has 1 aliphatic heterocycles. The predicted molar refractivity (Wildman–Crippen MR) is 58.2 cm³/mol. The van der Waals surface area contributed by atoms with Crippen molar-refractivity contribution in [2.75, 3.05) is 32.8 Å². The minimum absolute atomic E-state index is 0.0552. The molecule has 1 aliphatic rings. The molecule has 2 heterocycles. The summed E-state index contributed by atoms with van der Waals surface area (Å²) < 4.78 is 5.24. The lowest BCUT2D eigenvalue weighted by molar-refractivity contribution is 0.0369. The molecule has 1 saturated heterocycles. The molecule has 1 aromatic rings. The molecule has 0 aliphatic carbocycles. The fourth-order valence-electron chi connectivity index (χ4n) is 1.66. The highest BCUT2D eigenvalue weighted by Gasteiger charge is 2.13. The number of carbonyl (C=O) groups excluding carboxylic acids is 1. The van der Waals surface area contributed by atoms with Crippen molar-refractivity contribution in [2.45, 2.75) is 6.42 Å². The molecular formula is C11H15N3O2. The molecule has 1 aromatic heterocycles. The first-order valence-electron chi connectivity index (χ1n) is 5.45. The number of aromatic nitrogens is 2. The highest BCUT2D eigenvalue weighted by Crippen LogP contribution is 2.02. The number of ether oxygens (including phenoxy) is 1. The van der Waals surface area contributed by atoms with E-state index in [2.05, 4.69) is 14.9 Å². The minimum atomic E-state index is 0.0552. The second-order valence-corrected chi connectivity index (χ2v) is 3.72. The lowest BCUT2D eigenvalue weighted by Crippen LogP contribution is -2.37. The molecule has 16 heavy (non-hydrogen) atoms. The van der Waals surface area contributed by atoms with E-state index < -0.39 is 0 Å². The predicted octanol–water partition coefficient (Wildman–Crippen LogP) is 0.382. The van der Waals surface area contributed by atoms with Gasteiger partial charge in [0.15, 0.2) is 5.78 Å². The summed E-state index contributed by atoms with van der Waals surface area (Å²) in [6.45, 7) is 4.12. The van der Waals surface area contributed by atoms with Gasteiger partial charge in [0.2, 0.25) is 0 Å². The van der Waals surface area contributed by atoms with Crippen molar-refractivity contribution in [2.24, 2.45) is 0 Å². The quantitative estimate of drug-likeness (QED) is 0.688. The van der Waals surface area contributed by atoms with Crippen LogP contribution in [0, 0.1) is 0 Å². The SMILES string of the molecule is O=C(CCN1CCOCC1)c1cnccn1. The average molecular weight is 221 g/mol. The molecular weight excluding hydrogens is 206 g/mol. The van der Waals surface area contributed by atoms with Gasteiger partial charge in [0.05, 0.1) is 19.4 Å². The Morgan fingerprint density at radius 3 is 2.88 bits per heavy atom. The second-order valence-electron chi connectivity index (χ2n) is 3.72. The van der Waals surface area contributed by atoms with Crippen molar-refractivity contribution in [3.8, 4) is 0 Å². The Labute approximate surface area is 94.5 Å². The van der Waals surface area contributed by atoms with Crippen LogP contribution in [-0.2, 0) is 4.74 Å². The topological polar surface area (TPSA) is 55.3 Å². The maximum Gasteiger partial charge on any atom is 0.184 e. The second kappa shape index (κ2) is 5.67. The van der Waals surface area contributed by atoms with E-state index in [0.717, 1.165) is 32.8 Å². The smallest absolute Gasteiger partial charge is 0.184 e. The van der Waals surface area contributed by atoms with Crippen molar-refractivity contribution in [3.63, 3.8) is 0 Å². The zero-order chi connectivity index (χ0) is 11.2. The van der Waals surface area contributed by atoms with Gasteiger partial charge < -0.3 is 4.74 Å². The zero-order valence-corrected chi connectivity index (χ0v) is 9.13. The maximum absolute atomic E-state index is 11.7. The van der Waals surface area contributed by atoms with Gasteiger partial charge in [-0.15, -0.1) is 0 Å². The molecule has 0 amide bonds. The van der Waals surface area contributed by atoms with E-state index in [1.807, 2.05) is 0 Å². The number of carbonyl (C=O) groups is 1. The largest absolute Gasteiger partial charge is 0.379 e. The van der Waals surface area contributed by atoms with Crippen LogP contribution in [0.5, 0.6) is 0 Å². The highest BCUT2D eigenvalue weighted by molar-refractivity contribution is 5.93. The Hall–Kier alpha value is -1.33. The van der Waals surface area contributed by atoms with Crippen molar-refractivity contribution < 1.29 is 9.53 Å². The maximum atomic E-state index is 11.7. The number of morpholine rings is 1. The third kappa shape index (κ3) is 3.08. The fourth-order valence-corrected chi connectivity index (χ4v) is 1.66. The van der Waals surface area contributed by atoms with Gasteiger partial charge in [-0.3, -0.25) is 14.7 Å². The van der Waals surface area contributed by atoms with E-state index in [0.29, 0.717) is 12.1 Å². The van der Waals surface area contributed by atoms with E-state index >= 15 is 0 Å². The van der Waals surface area contributed by atoms with Gasteiger partial charge >= 0.3 is 0 Å². The minimum Gasteiger partial charge on any atom is -0.379 e. The molecule has 0 spiro atoms. The Morgan fingerprint density at radius 1 is 1.38 bits per heavy atom. The van der Waals surface area contributed by atoms with E-state index in [1.165, 1.54) is 6.20 Å². The molecule has 5 nitrogen and oxygen atoms in total. The van der Waals surface area contributed by atoms with Crippen molar-refractivity contribution in [1.82, 2.24) is 14.9 Å². The summed E-state index contributed by atoms with van der Waals surface area (Å²) in [5.74, 6) is 0.0552. The van der Waals surface area contributed by atoms with Gasteiger partial charge in [-0.2, -0.15) is 0 Å². The van der Waals surface area contributed by atoms with Gasteiger partial charge in [-0.1, -0.05) is 0 Å². The number of rotatable bonds is 4. The van der Waals surface area contributed by atoms with Crippen LogP contribution in [0.4, 0.5) is 0 Å². The average Bonchev–Trinajstić information content (AvgIpc) is 2.38.